The van der Waals surface area contributed by atoms with Gasteiger partial charge in [-0.3, -0.25) is 4.79 Å². The maximum Gasteiger partial charge on any atom is 0.315 e. The van der Waals surface area contributed by atoms with Crippen molar-refractivity contribution in [2.75, 3.05) is 0 Å². The van der Waals surface area contributed by atoms with E-state index < -0.39 is 0 Å². The van der Waals surface area contributed by atoms with E-state index in [0.29, 0.717) is 23.9 Å². The van der Waals surface area contributed by atoms with Crippen LogP contribution in [0.2, 0.25) is 0 Å². The summed E-state index contributed by atoms with van der Waals surface area (Å²) in [5.41, 5.74) is 1.38. The van der Waals surface area contributed by atoms with Gasteiger partial charge in [0.2, 0.25) is 0 Å². The van der Waals surface area contributed by atoms with Gasteiger partial charge in [-0.2, -0.15) is 0 Å². The number of fused-ring (bicyclic) bond motifs is 1. The van der Waals surface area contributed by atoms with E-state index in [1.165, 1.54) is 4.68 Å². The molecule has 3 rings (SSSR count). The molecule has 1 unspecified atom stereocenters. The minimum Gasteiger partial charge on any atom is -0.334 e. The lowest BCUT2D eigenvalue weighted by atomic mass is 10.2. The zero-order valence-electron chi connectivity index (χ0n) is 14.6. The van der Waals surface area contributed by atoms with Crippen LogP contribution in [0.4, 0.5) is 4.79 Å². The molecular weight excluding hydrogens is 330 g/mol. The van der Waals surface area contributed by atoms with Crippen LogP contribution in [0.25, 0.3) is 10.9 Å². The van der Waals surface area contributed by atoms with Gasteiger partial charge >= 0.3 is 6.03 Å². The van der Waals surface area contributed by atoms with E-state index in [9.17, 15) is 9.59 Å². The molecule has 0 aliphatic carbocycles. The quantitative estimate of drug-likeness (QED) is 0.711. The smallest absolute Gasteiger partial charge is 0.315 e. The fourth-order valence-electron chi connectivity index (χ4n) is 2.64. The average molecular weight is 351 g/mol. The second kappa shape index (κ2) is 8.24. The SMILES string of the molecule is CCC(Cn1nnc2ccccc2c1=O)NC(=O)NCc1ccccc1. The van der Waals surface area contributed by atoms with E-state index >= 15 is 0 Å². The summed E-state index contributed by atoms with van der Waals surface area (Å²) in [6.07, 6.45) is 0.666. The number of aromatic nitrogens is 3. The van der Waals surface area contributed by atoms with Crippen LogP contribution in [-0.2, 0) is 13.1 Å². The van der Waals surface area contributed by atoms with Gasteiger partial charge in [-0.05, 0) is 24.1 Å². The largest absolute Gasteiger partial charge is 0.334 e. The Balaban J connectivity index is 1.63. The number of urea groups is 1. The molecule has 0 spiro atoms. The summed E-state index contributed by atoms with van der Waals surface area (Å²) >= 11 is 0. The molecule has 7 heteroatoms. The van der Waals surface area contributed by atoms with Crippen molar-refractivity contribution < 1.29 is 4.79 Å². The lowest BCUT2D eigenvalue weighted by Gasteiger charge is -2.18. The number of hydrogen-bond acceptors (Lipinski definition) is 4. The number of hydrogen-bond donors (Lipinski definition) is 2. The van der Waals surface area contributed by atoms with E-state index in [0.717, 1.165) is 5.56 Å². The van der Waals surface area contributed by atoms with Crippen LogP contribution in [0.5, 0.6) is 0 Å². The van der Waals surface area contributed by atoms with Crippen LogP contribution in [0.3, 0.4) is 0 Å². The number of amides is 2. The molecule has 0 fully saturated rings. The van der Waals surface area contributed by atoms with Crippen molar-refractivity contribution in [3.63, 3.8) is 0 Å². The van der Waals surface area contributed by atoms with Gasteiger partial charge in [-0.1, -0.05) is 54.6 Å². The fourth-order valence-corrected chi connectivity index (χ4v) is 2.64. The van der Waals surface area contributed by atoms with Gasteiger partial charge in [0, 0.05) is 6.54 Å². The van der Waals surface area contributed by atoms with E-state index in [2.05, 4.69) is 20.9 Å². The Kier molecular flexibility index (Phi) is 5.58. The molecule has 1 heterocycles. The Labute approximate surface area is 151 Å². The molecule has 26 heavy (non-hydrogen) atoms. The predicted molar refractivity (Wildman–Crippen MR) is 99.7 cm³/mol. The molecule has 1 aromatic heterocycles. The summed E-state index contributed by atoms with van der Waals surface area (Å²) < 4.78 is 1.30. The average Bonchev–Trinajstić information content (AvgIpc) is 2.69. The van der Waals surface area contributed by atoms with Crippen LogP contribution in [0, 0.1) is 0 Å². The third kappa shape index (κ3) is 4.24. The third-order valence-electron chi connectivity index (χ3n) is 4.15. The van der Waals surface area contributed by atoms with Gasteiger partial charge in [-0.25, -0.2) is 9.48 Å². The van der Waals surface area contributed by atoms with Crippen LogP contribution >= 0.6 is 0 Å². The second-order valence-corrected chi connectivity index (χ2v) is 6.01. The molecule has 0 aliphatic rings. The monoisotopic (exact) mass is 351 g/mol. The highest BCUT2D eigenvalue weighted by atomic mass is 16.2. The lowest BCUT2D eigenvalue weighted by molar-refractivity contribution is 0.233. The van der Waals surface area contributed by atoms with Crippen LogP contribution in [0.15, 0.2) is 59.4 Å². The maximum atomic E-state index is 12.5. The highest BCUT2D eigenvalue weighted by Gasteiger charge is 2.14. The molecule has 134 valence electrons. The Hall–Kier alpha value is -3.22. The fraction of sp³-hybridized carbons (Fsp3) is 0.263. The molecule has 7 nitrogen and oxygen atoms in total. The van der Waals surface area contributed by atoms with Crippen LogP contribution in [-0.4, -0.2) is 27.1 Å². The van der Waals surface area contributed by atoms with E-state index in [-0.39, 0.29) is 24.2 Å². The first kappa shape index (κ1) is 17.6. The van der Waals surface area contributed by atoms with E-state index in [1.54, 1.807) is 18.2 Å². The molecule has 1 atom stereocenters. The minimum absolute atomic E-state index is 0.208. The van der Waals surface area contributed by atoms with Crippen molar-refractivity contribution in [2.45, 2.75) is 32.5 Å². The summed E-state index contributed by atoms with van der Waals surface area (Å²) in [6, 6.07) is 16.3. The van der Waals surface area contributed by atoms with Gasteiger partial charge in [0.15, 0.2) is 0 Å². The number of carbonyl (C=O) groups excluding carboxylic acids is 1. The van der Waals surface area contributed by atoms with E-state index in [4.69, 9.17) is 0 Å². The number of nitrogens with one attached hydrogen (secondary N) is 2. The number of rotatable bonds is 6. The Morgan fingerprint density at radius 3 is 2.62 bits per heavy atom. The Morgan fingerprint density at radius 1 is 1.12 bits per heavy atom. The molecule has 2 amide bonds. The number of benzene rings is 2. The molecule has 0 radical (unpaired) electrons. The van der Waals surface area contributed by atoms with Crippen molar-refractivity contribution in [1.29, 1.82) is 0 Å². The Bertz CT molecular complexity index is 939. The van der Waals surface area contributed by atoms with Crippen molar-refractivity contribution >= 4 is 16.9 Å². The molecule has 0 aliphatic heterocycles. The summed E-state index contributed by atoms with van der Waals surface area (Å²) in [5, 5.41) is 14.3. The number of carbonyl (C=O) groups is 1. The molecule has 2 N–H and O–H groups in total. The third-order valence-corrected chi connectivity index (χ3v) is 4.15. The zero-order valence-corrected chi connectivity index (χ0v) is 14.6. The summed E-state index contributed by atoms with van der Waals surface area (Å²) in [4.78, 5) is 24.6. The van der Waals surface area contributed by atoms with Gasteiger partial charge in [-0.15, -0.1) is 5.10 Å². The van der Waals surface area contributed by atoms with Gasteiger partial charge in [0.1, 0.15) is 5.52 Å². The Morgan fingerprint density at radius 2 is 1.85 bits per heavy atom. The van der Waals surface area contributed by atoms with Crippen molar-refractivity contribution in [3.05, 3.63) is 70.5 Å². The topological polar surface area (TPSA) is 88.9 Å². The zero-order chi connectivity index (χ0) is 18.4. The summed E-state index contributed by atoms with van der Waals surface area (Å²) in [5.74, 6) is 0. The number of nitrogens with zero attached hydrogens (tertiary/aromatic N) is 3. The van der Waals surface area contributed by atoms with Crippen molar-refractivity contribution in [2.24, 2.45) is 0 Å². The first-order valence-electron chi connectivity index (χ1n) is 8.58. The summed E-state index contributed by atoms with van der Waals surface area (Å²) in [7, 11) is 0. The minimum atomic E-state index is -0.275. The van der Waals surface area contributed by atoms with Crippen LogP contribution < -0.4 is 16.2 Å². The standard InChI is InChI=1S/C19H21N5O2/c1-2-15(21-19(26)20-12-14-8-4-3-5-9-14)13-24-18(25)16-10-6-7-11-17(16)22-23-24/h3-11,15H,2,12-13H2,1H3,(H2,20,21,26). The maximum absolute atomic E-state index is 12.5. The van der Waals surface area contributed by atoms with Gasteiger partial charge < -0.3 is 10.6 Å². The van der Waals surface area contributed by atoms with Gasteiger partial charge in [0.05, 0.1) is 18.0 Å². The molecule has 2 aromatic carbocycles. The second-order valence-electron chi connectivity index (χ2n) is 6.01. The van der Waals surface area contributed by atoms with Crippen molar-refractivity contribution in [1.82, 2.24) is 25.6 Å². The molecule has 0 bridgehead atoms. The van der Waals surface area contributed by atoms with Crippen molar-refractivity contribution in [3.8, 4) is 0 Å². The first-order chi connectivity index (χ1) is 12.7. The van der Waals surface area contributed by atoms with Gasteiger partial charge in [0.25, 0.3) is 5.56 Å². The molecule has 0 saturated carbocycles. The van der Waals surface area contributed by atoms with Crippen LogP contribution in [0.1, 0.15) is 18.9 Å². The normalized spacial score (nSPS) is 11.9. The van der Waals surface area contributed by atoms with E-state index in [1.807, 2.05) is 43.3 Å². The summed E-state index contributed by atoms with van der Waals surface area (Å²) in [6.45, 7) is 2.66. The highest BCUT2D eigenvalue weighted by Crippen LogP contribution is 2.04. The highest BCUT2D eigenvalue weighted by molar-refractivity contribution is 5.76. The molecular formula is C19H21N5O2. The molecule has 0 saturated heterocycles. The predicted octanol–water partition coefficient (Wildman–Crippen LogP) is 2.07. The lowest BCUT2D eigenvalue weighted by Crippen LogP contribution is -2.45. The first-order valence-corrected chi connectivity index (χ1v) is 8.58. The molecule has 3 aromatic rings.